The van der Waals surface area contributed by atoms with E-state index in [1.54, 1.807) is 7.11 Å². The number of hydrogen-bond acceptors (Lipinski definition) is 2. The first kappa shape index (κ1) is 10.9. The molecule has 14 heavy (non-hydrogen) atoms. The summed E-state index contributed by atoms with van der Waals surface area (Å²) in [7, 11) is 1.65. The Morgan fingerprint density at radius 1 is 1.29 bits per heavy atom. The molecule has 0 bridgehead atoms. The van der Waals surface area contributed by atoms with Gasteiger partial charge in [0.1, 0.15) is 5.75 Å². The summed E-state index contributed by atoms with van der Waals surface area (Å²) < 4.78 is 5.10. The maximum Gasteiger partial charge on any atom is 0.120 e. The van der Waals surface area contributed by atoms with Crippen LogP contribution in [0.1, 0.15) is 26.3 Å². The number of hydrogen-bond donors (Lipinski definition) is 1. The van der Waals surface area contributed by atoms with E-state index in [0.717, 1.165) is 17.9 Å². The molecule has 0 unspecified atom stereocenters. The summed E-state index contributed by atoms with van der Waals surface area (Å²) in [4.78, 5) is 0. The lowest BCUT2D eigenvalue weighted by Gasteiger charge is -2.19. The fraction of sp³-hybridized carbons (Fsp3) is 0.500. The molecule has 0 saturated carbocycles. The monoisotopic (exact) mass is 193 g/mol. The molecule has 0 radical (unpaired) electrons. The fourth-order valence-corrected chi connectivity index (χ4v) is 1.43. The summed E-state index contributed by atoms with van der Waals surface area (Å²) >= 11 is 0. The molecule has 0 aromatic heterocycles. The van der Waals surface area contributed by atoms with E-state index < -0.39 is 0 Å². The molecule has 1 rings (SSSR count). The molecule has 0 atom stereocenters. The van der Waals surface area contributed by atoms with E-state index in [0.29, 0.717) is 0 Å². The Kier molecular flexibility index (Phi) is 3.04. The minimum Gasteiger partial charge on any atom is -0.497 e. The quantitative estimate of drug-likeness (QED) is 0.733. The maximum absolute atomic E-state index is 5.92. The molecular weight excluding hydrogens is 174 g/mol. The summed E-state index contributed by atoms with van der Waals surface area (Å²) in [5.74, 6) is 0.820. The summed E-state index contributed by atoms with van der Waals surface area (Å²) in [5.41, 5.74) is 8.20. The predicted octanol–water partition coefficient (Wildman–Crippen LogP) is 2.87. The molecule has 1 aromatic carbocycles. The number of ether oxygens (including phenoxy) is 1. The number of benzene rings is 1. The standard InChI is InChI=1S/C12H19NO/c1-12(2,3)8-9-5-6-10(14-4)7-11(9)13/h5-7H,8,13H2,1-4H3. The second kappa shape index (κ2) is 3.91. The van der Waals surface area contributed by atoms with Gasteiger partial charge in [0.15, 0.2) is 0 Å². The number of methoxy groups -OCH3 is 1. The van der Waals surface area contributed by atoms with E-state index in [-0.39, 0.29) is 5.41 Å². The van der Waals surface area contributed by atoms with Crippen molar-refractivity contribution < 1.29 is 4.74 Å². The zero-order valence-corrected chi connectivity index (χ0v) is 9.42. The molecule has 0 spiro atoms. The van der Waals surface area contributed by atoms with Crippen LogP contribution in [0.4, 0.5) is 5.69 Å². The van der Waals surface area contributed by atoms with Gasteiger partial charge in [0.25, 0.3) is 0 Å². The van der Waals surface area contributed by atoms with Gasteiger partial charge in [-0.1, -0.05) is 26.8 Å². The van der Waals surface area contributed by atoms with Gasteiger partial charge in [-0.25, -0.2) is 0 Å². The molecule has 0 aliphatic heterocycles. The number of nitrogens with two attached hydrogens (primary N) is 1. The highest BCUT2D eigenvalue weighted by Gasteiger charge is 2.13. The van der Waals surface area contributed by atoms with Crippen molar-refractivity contribution in [3.63, 3.8) is 0 Å². The molecule has 0 amide bonds. The van der Waals surface area contributed by atoms with Crippen LogP contribution in [-0.2, 0) is 6.42 Å². The molecule has 0 heterocycles. The summed E-state index contributed by atoms with van der Waals surface area (Å²) in [6, 6.07) is 5.87. The van der Waals surface area contributed by atoms with Crippen LogP contribution >= 0.6 is 0 Å². The lowest BCUT2D eigenvalue weighted by Crippen LogP contribution is -2.10. The molecule has 2 heteroatoms. The van der Waals surface area contributed by atoms with Gasteiger partial charge >= 0.3 is 0 Å². The highest BCUT2D eigenvalue weighted by Crippen LogP contribution is 2.26. The lowest BCUT2D eigenvalue weighted by atomic mass is 9.87. The molecule has 78 valence electrons. The van der Waals surface area contributed by atoms with Gasteiger partial charge in [0, 0.05) is 11.8 Å². The molecular formula is C12H19NO. The van der Waals surface area contributed by atoms with Gasteiger partial charge < -0.3 is 10.5 Å². The normalized spacial score (nSPS) is 11.4. The van der Waals surface area contributed by atoms with E-state index in [1.165, 1.54) is 5.56 Å². The average molecular weight is 193 g/mol. The molecule has 0 fully saturated rings. The molecule has 0 aliphatic carbocycles. The second-order valence-corrected chi connectivity index (χ2v) is 4.80. The van der Waals surface area contributed by atoms with E-state index in [4.69, 9.17) is 10.5 Å². The third kappa shape index (κ3) is 2.95. The van der Waals surface area contributed by atoms with Gasteiger partial charge in [0.05, 0.1) is 7.11 Å². The summed E-state index contributed by atoms with van der Waals surface area (Å²) in [6.07, 6.45) is 0.989. The van der Waals surface area contributed by atoms with Gasteiger partial charge in [0.2, 0.25) is 0 Å². The van der Waals surface area contributed by atoms with Crippen LogP contribution in [0.3, 0.4) is 0 Å². The Morgan fingerprint density at radius 3 is 2.36 bits per heavy atom. The van der Waals surface area contributed by atoms with Gasteiger partial charge in [-0.2, -0.15) is 0 Å². The predicted molar refractivity (Wildman–Crippen MR) is 60.6 cm³/mol. The van der Waals surface area contributed by atoms with E-state index in [2.05, 4.69) is 20.8 Å². The van der Waals surface area contributed by atoms with E-state index >= 15 is 0 Å². The van der Waals surface area contributed by atoms with Crippen molar-refractivity contribution in [2.45, 2.75) is 27.2 Å². The Hall–Kier alpha value is -1.18. The smallest absolute Gasteiger partial charge is 0.120 e. The first-order chi connectivity index (χ1) is 6.42. The van der Waals surface area contributed by atoms with Crippen molar-refractivity contribution in [2.75, 3.05) is 12.8 Å². The van der Waals surface area contributed by atoms with Crippen LogP contribution in [0.2, 0.25) is 0 Å². The van der Waals surface area contributed by atoms with Crippen LogP contribution in [0.5, 0.6) is 5.75 Å². The number of nitrogen functional groups attached to an aromatic ring is 1. The second-order valence-electron chi connectivity index (χ2n) is 4.80. The van der Waals surface area contributed by atoms with Crippen LogP contribution < -0.4 is 10.5 Å². The minimum atomic E-state index is 0.267. The van der Waals surface area contributed by atoms with E-state index in [1.807, 2.05) is 18.2 Å². The van der Waals surface area contributed by atoms with Crippen LogP contribution in [-0.4, -0.2) is 7.11 Å². The minimum absolute atomic E-state index is 0.267. The highest BCUT2D eigenvalue weighted by atomic mass is 16.5. The van der Waals surface area contributed by atoms with Crippen molar-refractivity contribution in [3.8, 4) is 5.75 Å². The Bertz CT molecular complexity index is 313. The Morgan fingerprint density at radius 2 is 1.93 bits per heavy atom. The molecule has 2 nitrogen and oxygen atoms in total. The molecule has 1 aromatic rings. The summed E-state index contributed by atoms with van der Waals surface area (Å²) in [5, 5.41) is 0. The Balaban J connectivity index is 2.89. The maximum atomic E-state index is 5.92. The number of rotatable bonds is 2. The fourth-order valence-electron chi connectivity index (χ4n) is 1.43. The zero-order valence-electron chi connectivity index (χ0n) is 9.42. The van der Waals surface area contributed by atoms with E-state index in [9.17, 15) is 0 Å². The topological polar surface area (TPSA) is 35.2 Å². The Labute approximate surface area is 86.1 Å². The largest absolute Gasteiger partial charge is 0.497 e. The zero-order chi connectivity index (χ0) is 10.8. The van der Waals surface area contributed by atoms with Gasteiger partial charge in [-0.15, -0.1) is 0 Å². The average Bonchev–Trinajstić information content (AvgIpc) is 2.06. The number of anilines is 1. The first-order valence-corrected chi connectivity index (χ1v) is 4.85. The van der Waals surface area contributed by atoms with Crippen molar-refractivity contribution >= 4 is 5.69 Å². The lowest BCUT2D eigenvalue weighted by molar-refractivity contribution is 0.407. The van der Waals surface area contributed by atoms with Gasteiger partial charge in [-0.05, 0) is 23.5 Å². The third-order valence-corrected chi connectivity index (χ3v) is 2.07. The van der Waals surface area contributed by atoms with Crippen LogP contribution in [0.15, 0.2) is 18.2 Å². The molecule has 0 aliphatic rings. The van der Waals surface area contributed by atoms with Crippen molar-refractivity contribution in [2.24, 2.45) is 5.41 Å². The van der Waals surface area contributed by atoms with Crippen molar-refractivity contribution in [3.05, 3.63) is 23.8 Å². The van der Waals surface area contributed by atoms with Crippen LogP contribution in [0.25, 0.3) is 0 Å². The third-order valence-electron chi connectivity index (χ3n) is 2.07. The van der Waals surface area contributed by atoms with Gasteiger partial charge in [-0.3, -0.25) is 0 Å². The first-order valence-electron chi connectivity index (χ1n) is 4.85. The summed E-state index contributed by atoms with van der Waals surface area (Å²) in [6.45, 7) is 6.62. The highest BCUT2D eigenvalue weighted by molar-refractivity contribution is 5.51. The SMILES string of the molecule is COc1ccc(CC(C)(C)C)c(N)c1. The molecule has 0 saturated heterocycles. The van der Waals surface area contributed by atoms with Crippen molar-refractivity contribution in [1.82, 2.24) is 0 Å². The van der Waals surface area contributed by atoms with Crippen LogP contribution in [0, 0.1) is 5.41 Å². The molecule has 2 N–H and O–H groups in total. The van der Waals surface area contributed by atoms with Crippen molar-refractivity contribution in [1.29, 1.82) is 0 Å².